The Labute approximate surface area is 114 Å². The van der Waals surface area contributed by atoms with Crippen molar-refractivity contribution in [2.24, 2.45) is 0 Å². The molecule has 0 radical (unpaired) electrons. The Balaban J connectivity index is 1.88. The first-order valence-corrected chi connectivity index (χ1v) is 7.07. The van der Waals surface area contributed by atoms with Crippen LogP contribution >= 0.6 is 15.9 Å². The molecular formula is C12H15BrN4O. The number of nitrogens with zero attached hydrogens (tertiary/aromatic N) is 3. The van der Waals surface area contributed by atoms with Crippen molar-refractivity contribution >= 4 is 27.8 Å². The molecule has 1 aromatic heterocycles. The molecule has 1 aromatic rings. The van der Waals surface area contributed by atoms with Gasteiger partial charge in [-0.1, -0.05) is 12.8 Å². The van der Waals surface area contributed by atoms with E-state index in [0.29, 0.717) is 18.5 Å². The van der Waals surface area contributed by atoms with Gasteiger partial charge in [-0.3, -0.25) is 4.79 Å². The SMILES string of the molecule is O=C1CN(c2ncc(Br)cn2)[C@H]2CCCC[C@@H]2N1. The van der Waals surface area contributed by atoms with Gasteiger partial charge >= 0.3 is 0 Å². The number of hydrogen-bond donors (Lipinski definition) is 1. The van der Waals surface area contributed by atoms with Crippen molar-refractivity contribution in [3.63, 3.8) is 0 Å². The van der Waals surface area contributed by atoms with Gasteiger partial charge in [-0.05, 0) is 28.8 Å². The Morgan fingerprint density at radius 1 is 1.28 bits per heavy atom. The van der Waals surface area contributed by atoms with Gasteiger partial charge in [0.15, 0.2) is 0 Å². The van der Waals surface area contributed by atoms with E-state index in [4.69, 9.17) is 0 Å². The molecule has 1 amide bonds. The summed E-state index contributed by atoms with van der Waals surface area (Å²) in [5.74, 6) is 0.731. The van der Waals surface area contributed by atoms with Crippen LogP contribution < -0.4 is 10.2 Å². The van der Waals surface area contributed by atoms with Crippen molar-refractivity contribution in [2.45, 2.75) is 37.8 Å². The van der Waals surface area contributed by atoms with Crippen molar-refractivity contribution in [1.82, 2.24) is 15.3 Å². The molecule has 96 valence electrons. The van der Waals surface area contributed by atoms with Gasteiger partial charge in [0, 0.05) is 18.4 Å². The molecule has 2 aliphatic rings. The van der Waals surface area contributed by atoms with Gasteiger partial charge in [0.25, 0.3) is 0 Å². The van der Waals surface area contributed by atoms with Crippen LogP contribution in [0.5, 0.6) is 0 Å². The van der Waals surface area contributed by atoms with Crippen molar-refractivity contribution in [3.8, 4) is 0 Å². The first-order chi connectivity index (χ1) is 8.74. The Morgan fingerprint density at radius 3 is 2.78 bits per heavy atom. The van der Waals surface area contributed by atoms with E-state index in [1.165, 1.54) is 12.8 Å². The number of piperazine rings is 1. The first kappa shape index (κ1) is 11.9. The van der Waals surface area contributed by atoms with Crippen molar-refractivity contribution in [2.75, 3.05) is 11.4 Å². The van der Waals surface area contributed by atoms with Gasteiger partial charge in [0.05, 0.1) is 10.5 Å². The number of nitrogens with one attached hydrogen (secondary N) is 1. The predicted molar refractivity (Wildman–Crippen MR) is 71.3 cm³/mol. The highest BCUT2D eigenvalue weighted by Gasteiger charge is 2.37. The first-order valence-electron chi connectivity index (χ1n) is 6.27. The van der Waals surface area contributed by atoms with E-state index in [0.717, 1.165) is 17.3 Å². The maximum atomic E-state index is 11.8. The number of rotatable bonds is 1. The monoisotopic (exact) mass is 310 g/mol. The molecule has 2 atom stereocenters. The lowest BCUT2D eigenvalue weighted by Crippen LogP contribution is -2.62. The van der Waals surface area contributed by atoms with Gasteiger partial charge in [0.1, 0.15) is 6.54 Å². The van der Waals surface area contributed by atoms with E-state index in [1.54, 1.807) is 12.4 Å². The van der Waals surface area contributed by atoms with Crippen LogP contribution in [0.2, 0.25) is 0 Å². The molecule has 1 aliphatic carbocycles. The Morgan fingerprint density at radius 2 is 2.00 bits per heavy atom. The van der Waals surface area contributed by atoms with Crippen LogP contribution in [0, 0.1) is 0 Å². The van der Waals surface area contributed by atoms with Crippen molar-refractivity contribution < 1.29 is 4.79 Å². The number of halogens is 1. The Bertz CT molecular complexity index is 450. The molecule has 0 spiro atoms. The van der Waals surface area contributed by atoms with Gasteiger partial charge < -0.3 is 10.2 Å². The lowest BCUT2D eigenvalue weighted by Gasteiger charge is -2.43. The van der Waals surface area contributed by atoms with E-state index in [-0.39, 0.29) is 11.9 Å². The van der Waals surface area contributed by atoms with Crippen LogP contribution in [0.4, 0.5) is 5.95 Å². The Kier molecular flexibility index (Phi) is 3.20. The van der Waals surface area contributed by atoms with Crippen LogP contribution in [-0.2, 0) is 4.79 Å². The van der Waals surface area contributed by atoms with Gasteiger partial charge in [-0.15, -0.1) is 0 Å². The zero-order chi connectivity index (χ0) is 12.5. The highest BCUT2D eigenvalue weighted by Crippen LogP contribution is 2.28. The summed E-state index contributed by atoms with van der Waals surface area (Å²) in [4.78, 5) is 22.4. The molecule has 5 nitrogen and oxygen atoms in total. The summed E-state index contributed by atoms with van der Waals surface area (Å²) in [6.07, 6.45) is 8.02. The average Bonchev–Trinajstić information content (AvgIpc) is 2.38. The maximum Gasteiger partial charge on any atom is 0.239 e. The van der Waals surface area contributed by atoms with E-state index >= 15 is 0 Å². The second-order valence-electron chi connectivity index (χ2n) is 4.85. The molecule has 1 saturated heterocycles. The molecule has 2 heterocycles. The predicted octanol–water partition coefficient (Wildman–Crippen LogP) is 1.49. The standard InChI is InChI=1S/C12H15BrN4O/c13-8-5-14-12(15-6-8)17-7-11(18)16-9-3-1-2-4-10(9)17/h5-6,9-10H,1-4,7H2,(H,16,18)/t9-,10-/m0/s1. The minimum absolute atomic E-state index is 0.0738. The van der Waals surface area contributed by atoms with Crippen LogP contribution in [0.1, 0.15) is 25.7 Å². The fourth-order valence-corrected chi connectivity index (χ4v) is 3.05. The minimum Gasteiger partial charge on any atom is -0.350 e. The average molecular weight is 311 g/mol. The molecule has 0 aromatic carbocycles. The highest BCUT2D eigenvalue weighted by atomic mass is 79.9. The number of hydrogen-bond acceptors (Lipinski definition) is 4. The summed E-state index contributed by atoms with van der Waals surface area (Å²) in [7, 11) is 0. The summed E-state index contributed by atoms with van der Waals surface area (Å²) in [5.41, 5.74) is 0. The molecule has 1 saturated carbocycles. The number of anilines is 1. The van der Waals surface area contributed by atoms with Gasteiger partial charge in [-0.25, -0.2) is 9.97 Å². The molecule has 1 N–H and O–H groups in total. The normalized spacial score (nSPS) is 27.6. The second kappa shape index (κ2) is 4.84. The molecule has 18 heavy (non-hydrogen) atoms. The van der Waals surface area contributed by atoms with Crippen LogP contribution in [-0.4, -0.2) is 34.5 Å². The number of aromatic nitrogens is 2. The van der Waals surface area contributed by atoms with Crippen molar-refractivity contribution in [1.29, 1.82) is 0 Å². The third-order valence-corrected chi connectivity index (χ3v) is 4.06. The minimum atomic E-state index is 0.0738. The molecule has 0 bridgehead atoms. The lowest BCUT2D eigenvalue weighted by atomic mass is 9.87. The summed E-state index contributed by atoms with van der Waals surface area (Å²) < 4.78 is 0.855. The second-order valence-corrected chi connectivity index (χ2v) is 5.77. The molecular weight excluding hydrogens is 296 g/mol. The number of carbonyl (C=O) groups is 1. The smallest absolute Gasteiger partial charge is 0.239 e. The van der Waals surface area contributed by atoms with E-state index < -0.39 is 0 Å². The van der Waals surface area contributed by atoms with Crippen LogP contribution in [0.25, 0.3) is 0 Å². The molecule has 3 rings (SSSR count). The summed E-state index contributed by atoms with van der Waals surface area (Å²) in [5, 5.41) is 3.08. The lowest BCUT2D eigenvalue weighted by molar-refractivity contribution is -0.122. The Hall–Kier alpha value is -1.17. The van der Waals surface area contributed by atoms with E-state index in [1.807, 2.05) is 0 Å². The summed E-state index contributed by atoms with van der Waals surface area (Å²) in [6, 6.07) is 0.602. The fourth-order valence-electron chi connectivity index (χ4n) is 2.85. The van der Waals surface area contributed by atoms with E-state index in [2.05, 4.69) is 36.1 Å². The molecule has 0 unspecified atom stereocenters. The number of amides is 1. The quantitative estimate of drug-likeness (QED) is 0.854. The maximum absolute atomic E-state index is 11.8. The number of carbonyl (C=O) groups excluding carboxylic acids is 1. The topological polar surface area (TPSA) is 58.1 Å². The molecule has 1 aliphatic heterocycles. The van der Waals surface area contributed by atoms with Gasteiger partial charge in [-0.2, -0.15) is 0 Å². The summed E-state index contributed by atoms with van der Waals surface area (Å²) in [6.45, 7) is 0.364. The third-order valence-electron chi connectivity index (χ3n) is 3.65. The van der Waals surface area contributed by atoms with Gasteiger partial charge in [0.2, 0.25) is 11.9 Å². The molecule has 2 fully saturated rings. The zero-order valence-corrected chi connectivity index (χ0v) is 11.6. The third kappa shape index (κ3) is 2.21. The molecule has 6 heteroatoms. The fraction of sp³-hybridized carbons (Fsp3) is 0.583. The highest BCUT2D eigenvalue weighted by molar-refractivity contribution is 9.10. The van der Waals surface area contributed by atoms with E-state index in [9.17, 15) is 4.79 Å². The largest absolute Gasteiger partial charge is 0.350 e. The van der Waals surface area contributed by atoms with Crippen LogP contribution in [0.15, 0.2) is 16.9 Å². The van der Waals surface area contributed by atoms with Crippen molar-refractivity contribution in [3.05, 3.63) is 16.9 Å². The summed E-state index contributed by atoms with van der Waals surface area (Å²) >= 11 is 3.33. The van der Waals surface area contributed by atoms with Crippen LogP contribution in [0.3, 0.4) is 0 Å². The number of fused-ring (bicyclic) bond motifs is 1. The zero-order valence-electron chi connectivity index (χ0n) is 9.97.